The Balaban J connectivity index is 3.39. The highest BCUT2D eigenvalue weighted by Gasteiger charge is 2.18. The molecule has 0 aliphatic heterocycles. The highest BCUT2D eigenvalue weighted by molar-refractivity contribution is 5.76. The normalized spacial score (nSPS) is 12.8. The molecule has 1 amide bonds. The van der Waals surface area contributed by atoms with Gasteiger partial charge < -0.3 is 20.3 Å². The van der Waals surface area contributed by atoms with Gasteiger partial charge in [0.25, 0.3) is 0 Å². The van der Waals surface area contributed by atoms with Crippen LogP contribution in [0, 0.1) is 0 Å². The van der Waals surface area contributed by atoms with Crippen LogP contribution in [-0.4, -0.2) is 47.4 Å². The van der Waals surface area contributed by atoms with Crippen LogP contribution in [0.1, 0.15) is 290 Å². The molecule has 0 saturated carbocycles. The average Bonchev–Trinajstić information content (AvgIpc) is 3.26. The molecule has 0 aliphatic rings. The van der Waals surface area contributed by atoms with E-state index < -0.39 is 12.1 Å². The van der Waals surface area contributed by atoms with Gasteiger partial charge in [-0.1, -0.05) is 244 Å². The Morgan fingerprint density at radius 1 is 0.443 bits per heavy atom. The first-order valence-electron chi connectivity index (χ1n) is 27.1. The molecule has 61 heavy (non-hydrogen) atoms. The van der Waals surface area contributed by atoms with Crippen molar-refractivity contribution in [2.24, 2.45) is 0 Å². The van der Waals surface area contributed by atoms with Crippen molar-refractivity contribution in [3.05, 3.63) is 24.3 Å². The number of carbonyl (C=O) groups is 2. The van der Waals surface area contributed by atoms with Crippen LogP contribution >= 0.6 is 0 Å². The van der Waals surface area contributed by atoms with Gasteiger partial charge in [0.1, 0.15) is 0 Å². The summed E-state index contributed by atoms with van der Waals surface area (Å²) in [4.78, 5) is 24.4. The molecule has 6 nitrogen and oxygen atoms in total. The molecular formula is C55H105NO5. The summed E-state index contributed by atoms with van der Waals surface area (Å²) in [7, 11) is 0. The standard InChI is InChI=1S/C55H105NO5/c1-3-5-7-9-11-13-15-16-26-29-33-37-41-45-49-55(60)61-50-46-42-38-34-30-27-24-22-20-18-17-19-21-23-25-28-32-36-40-44-48-54(59)56-52(51-57)53(58)47-43-39-35-31-14-12-10-8-6-4-2/h15-16,43,47,52-53,57-58H,3-14,17-42,44-46,48-51H2,1-2H3,(H,56,59)/b16-15-,47-43+. The van der Waals surface area contributed by atoms with Crippen LogP contribution in [0.5, 0.6) is 0 Å². The Morgan fingerprint density at radius 2 is 0.770 bits per heavy atom. The number of esters is 1. The quantitative estimate of drug-likeness (QED) is 0.0322. The zero-order valence-corrected chi connectivity index (χ0v) is 40.9. The van der Waals surface area contributed by atoms with Crippen molar-refractivity contribution in [3.8, 4) is 0 Å². The molecular weight excluding hydrogens is 755 g/mol. The maximum absolute atomic E-state index is 12.4. The molecule has 0 aromatic carbocycles. The second-order valence-electron chi connectivity index (χ2n) is 18.6. The topological polar surface area (TPSA) is 95.9 Å². The predicted octanol–water partition coefficient (Wildman–Crippen LogP) is 16.3. The minimum atomic E-state index is -0.843. The minimum Gasteiger partial charge on any atom is -0.466 e. The summed E-state index contributed by atoms with van der Waals surface area (Å²) in [5.41, 5.74) is 0. The van der Waals surface area contributed by atoms with Crippen LogP contribution in [0.25, 0.3) is 0 Å². The summed E-state index contributed by atoms with van der Waals surface area (Å²) in [5, 5.41) is 22.9. The molecule has 0 aliphatic carbocycles. The Bertz CT molecular complexity index is 951. The van der Waals surface area contributed by atoms with Gasteiger partial charge in [-0.15, -0.1) is 0 Å². The molecule has 2 atom stereocenters. The number of nitrogens with one attached hydrogen (secondary N) is 1. The Kier molecular flexibility index (Phi) is 49.6. The summed E-state index contributed by atoms with van der Waals surface area (Å²) in [5.74, 6) is -0.0708. The lowest BCUT2D eigenvalue weighted by Gasteiger charge is -2.20. The Morgan fingerprint density at radius 3 is 1.16 bits per heavy atom. The molecule has 0 aromatic heterocycles. The predicted molar refractivity (Wildman–Crippen MR) is 264 cm³/mol. The lowest BCUT2D eigenvalue weighted by Crippen LogP contribution is -2.45. The second-order valence-corrected chi connectivity index (χ2v) is 18.6. The third-order valence-electron chi connectivity index (χ3n) is 12.5. The molecule has 3 N–H and O–H groups in total. The first kappa shape index (κ1) is 59.3. The summed E-state index contributed by atoms with van der Waals surface area (Å²) < 4.78 is 5.47. The lowest BCUT2D eigenvalue weighted by atomic mass is 10.0. The first-order chi connectivity index (χ1) is 30.0. The van der Waals surface area contributed by atoms with Crippen LogP contribution in [0.3, 0.4) is 0 Å². The fourth-order valence-electron chi connectivity index (χ4n) is 8.27. The highest BCUT2D eigenvalue weighted by atomic mass is 16.5. The molecule has 0 fully saturated rings. The Hall–Kier alpha value is -1.66. The first-order valence-corrected chi connectivity index (χ1v) is 27.1. The zero-order valence-electron chi connectivity index (χ0n) is 40.9. The van der Waals surface area contributed by atoms with Gasteiger partial charge in [0.2, 0.25) is 5.91 Å². The largest absolute Gasteiger partial charge is 0.466 e. The van der Waals surface area contributed by atoms with Crippen molar-refractivity contribution in [3.63, 3.8) is 0 Å². The SMILES string of the molecule is CCCCCCC/C=C\CCCCCCCC(=O)OCCCCCCCCCCCCCCCCCCCCCCC(=O)NC(CO)C(O)/C=C/CCCCCCCCCC. The van der Waals surface area contributed by atoms with Crippen molar-refractivity contribution in [1.82, 2.24) is 5.32 Å². The van der Waals surface area contributed by atoms with Crippen molar-refractivity contribution >= 4 is 11.9 Å². The van der Waals surface area contributed by atoms with Crippen LogP contribution in [0.4, 0.5) is 0 Å². The fraction of sp³-hybridized carbons (Fsp3) is 0.891. The summed E-state index contributed by atoms with van der Waals surface area (Å²) in [6.07, 6.45) is 60.5. The van der Waals surface area contributed by atoms with Crippen molar-refractivity contribution in [2.75, 3.05) is 13.2 Å². The van der Waals surface area contributed by atoms with E-state index in [1.54, 1.807) is 6.08 Å². The number of allylic oxidation sites excluding steroid dienone is 3. The van der Waals surface area contributed by atoms with Gasteiger partial charge in [-0.3, -0.25) is 9.59 Å². The lowest BCUT2D eigenvalue weighted by molar-refractivity contribution is -0.143. The van der Waals surface area contributed by atoms with Crippen LogP contribution in [0.15, 0.2) is 24.3 Å². The number of amides is 1. The molecule has 0 heterocycles. The fourth-order valence-corrected chi connectivity index (χ4v) is 8.27. The molecule has 6 heteroatoms. The third kappa shape index (κ3) is 47.7. The molecule has 2 unspecified atom stereocenters. The Labute approximate surface area is 380 Å². The number of hydrogen-bond donors (Lipinski definition) is 3. The maximum atomic E-state index is 12.4. The van der Waals surface area contributed by atoms with Crippen molar-refractivity contribution < 1.29 is 24.5 Å². The number of unbranched alkanes of at least 4 members (excludes halogenated alkanes) is 37. The van der Waals surface area contributed by atoms with E-state index in [-0.39, 0.29) is 18.5 Å². The molecule has 0 radical (unpaired) electrons. The van der Waals surface area contributed by atoms with Gasteiger partial charge in [-0.25, -0.2) is 0 Å². The van der Waals surface area contributed by atoms with E-state index in [2.05, 4.69) is 31.3 Å². The molecule has 0 saturated heterocycles. The molecule has 360 valence electrons. The number of hydrogen-bond acceptors (Lipinski definition) is 5. The van der Waals surface area contributed by atoms with Crippen LogP contribution < -0.4 is 5.32 Å². The van der Waals surface area contributed by atoms with E-state index in [9.17, 15) is 19.8 Å². The van der Waals surface area contributed by atoms with Gasteiger partial charge >= 0.3 is 5.97 Å². The number of carbonyl (C=O) groups excluding carboxylic acids is 2. The highest BCUT2D eigenvalue weighted by Crippen LogP contribution is 2.16. The van der Waals surface area contributed by atoms with Gasteiger partial charge in [-0.2, -0.15) is 0 Å². The maximum Gasteiger partial charge on any atom is 0.305 e. The van der Waals surface area contributed by atoms with E-state index in [1.807, 2.05) is 6.08 Å². The number of aliphatic hydroxyl groups is 2. The van der Waals surface area contributed by atoms with E-state index in [4.69, 9.17) is 4.74 Å². The van der Waals surface area contributed by atoms with E-state index >= 15 is 0 Å². The van der Waals surface area contributed by atoms with Gasteiger partial charge in [0, 0.05) is 12.8 Å². The van der Waals surface area contributed by atoms with Crippen LogP contribution in [-0.2, 0) is 14.3 Å². The number of ether oxygens (including phenoxy) is 1. The smallest absolute Gasteiger partial charge is 0.305 e. The second kappa shape index (κ2) is 51.0. The van der Waals surface area contributed by atoms with Crippen molar-refractivity contribution in [1.29, 1.82) is 0 Å². The van der Waals surface area contributed by atoms with E-state index in [1.165, 1.54) is 218 Å². The number of rotatable bonds is 50. The summed E-state index contributed by atoms with van der Waals surface area (Å²) >= 11 is 0. The van der Waals surface area contributed by atoms with Gasteiger partial charge in [-0.05, 0) is 57.8 Å². The average molecular weight is 860 g/mol. The molecule has 0 rings (SSSR count). The van der Waals surface area contributed by atoms with Gasteiger partial charge in [0.15, 0.2) is 0 Å². The van der Waals surface area contributed by atoms with Crippen LogP contribution in [0.2, 0.25) is 0 Å². The van der Waals surface area contributed by atoms with E-state index in [0.717, 1.165) is 44.9 Å². The minimum absolute atomic E-state index is 0.00102. The zero-order chi connectivity index (χ0) is 44.4. The molecule has 0 aromatic rings. The third-order valence-corrected chi connectivity index (χ3v) is 12.5. The summed E-state index contributed by atoms with van der Waals surface area (Å²) in [6.45, 7) is 4.87. The molecule has 0 bridgehead atoms. The van der Waals surface area contributed by atoms with Crippen molar-refractivity contribution in [2.45, 2.75) is 302 Å². The van der Waals surface area contributed by atoms with E-state index in [0.29, 0.717) is 19.4 Å². The monoisotopic (exact) mass is 860 g/mol. The van der Waals surface area contributed by atoms with Gasteiger partial charge in [0.05, 0.1) is 25.4 Å². The number of aliphatic hydroxyl groups excluding tert-OH is 2. The summed E-state index contributed by atoms with van der Waals surface area (Å²) in [6, 6.07) is -0.627. The molecule has 0 spiro atoms.